The first-order valence-electron chi connectivity index (χ1n) is 17.1. The number of hydrogen-bond acceptors (Lipinski definition) is 11. The van der Waals surface area contributed by atoms with Crippen LogP contribution in [0.25, 0.3) is 0 Å². The Kier molecular flexibility index (Phi) is 16.2. The molecule has 0 heterocycles. The smallest absolute Gasteiger partial charge is 0.307 e. The Labute approximate surface area is 315 Å². The van der Waals surface area contributed by atoms with Gasteiger partial charge in [-0.1, -0.05) is 80.0 Å². The largest absolute Gasteiger partial charge is 0.469 e. The number of carbonyl (C=O) groups is 6. The molecule has 13 nitrogen and oxygen atoms in total. The van der Waals surface area contributed by atoms with Crippen molar-refractivity contribution in [2.24, 2.45) is 23.7 Å². The van der Waals surface area contributed by atoms with Gasteiger partial charge >= 0.3 is 17.9 Å². The molecule has 3 rings (SSSR count). The summed E-state index contributed by atoms with van der Waals surface area (Å²) in [6, 6.07) is 14.3. The van der Waals surface area contributed by atoms with E-state index in [-0.39, 0.29) is 13.0 Å². The molecule has 0 spiro atoms. The van der Waals surface area contributed by atoms with Crippen LogP contribution in [0.3, 0.4) is 0 Å². The number of nitrogens with one attached hydrogen (secondary N) is 2. The summed E-state index contributed by atoms with van der Waals surface area (Å²) in [6.45, 7) is 3.40. The van der Waals surface area contributed by atoms with Crippen LogP contribution in [0.1, 0.15) is 56.2 Å². The van der Waals surface area contributed by atoms with Crippen LogP contribution in [0.4, 0.5) is 0 Å². The van der Waals surface area contributed by atoms with Gasteiger partial charge in [-0.3, -0.25) is 28.8 Å². The number of sulfone groups is 1. The molecule has 15 heteroatoms. The monoisotopic (exact) mass is 774 g/mol. The van der Waals surface area contributed by atoms with Crippen LogP contribution in [0.15, 0.2) is 65.0 Å². The summed E-state index contributed by atoms with van der Waals surface area (Å²) in [5.41, 5.74) is 2.73. The lowest BCUT2D eigenvalue weighted by molar-refractivity contribution is -0.151. The van der Waals surface area contributed by atoms with Crippen molar-refractivity contribution in [2.75, 3.05) is 20.5 Å². The normalized spacial score (nSPS) is 15.3. The van der Waals surface area contributed by atoms with E-state index in [1.165, 1.54) is 0 Å². The quantitative estimate of drug-likeness (QED) is 0.157. The minimum Gasteiger partial charge on any atom is -0.469 e. The van der Waals surface area contributed by atoms with E-state index in [1.807, 2.05) is 30.3 Å². The van der Waals surface area contributed by atoms with Gasteiger partial charge in [-0.25, -0.2) is 8.42 Å². The van der Waals surface area contributed by atoms with E-state index in [0.29, 0.717) is 12.8 Å². The zero-order valence-corrected chi connectivity index (χ0v) is 32.0. The first-order valence-corrected chi connectivity index (χ1v) is 19.4. The lowest BCUT2D eigenvalue weighted by Crippen LogP contribution is -2.50. The number of amides is 2. The van der Waals surface area contributed by atoms with Gasteiger partial charge in [0.25, 0.3) is 0 Å². The van der Waals surface area contributed by atoms with Gasteiger partial charge in [-0.2, -0.15) is 0 Å². The van der Waals surface area contributed by atoms with E-state index < -0.39 is 105 Å². The number of benzene rings is 2. The molecule has 0 radical (unpaired) electrons. The van der Waals surface area contributed by atoms with Gasteiger partial charge in [0.1, 0.15) is 11.0 Å². The average Bonchev–Trinajstić information content (AvgIpc) is 3.55. The van der Waals surface area contributed by atoms with E-state index in [4.69, 9.17) is 25.8 Å². The van der Waals surface area contributed by atoms with E-state index in [2.05, 4.69) is 10.6 Å². The molecular formula is C38H47ClN2O11S. The van der Waals surface area contributed by atoms with Crippen LogP contribution < -0.4 is 10.6 Å². The number of fused-ring (bicyclic) bond motifs is 1. The van der Waals surface area contributed by atoms with Gasteiger partial charge < -0.3 is 24.8 Å². The van der Waals surface area contributed by atoms with E-state index in [1.54, 1.807) is 38.1 Å². The predicted octanol–water partition coefficient (Wildman–Crippen LogP) is 3.60. The van der Waals surface area contributed by atoms with Gasteiger partial charge in [0.2, 0.25) is 11.8 Å². The summed E-state index contributed by atoms with van der Waals surface area (Å²) in [4.78, 5) is 79.2. The Morgan fingerprint density at radius 1 is 0.792 bits per heavy atom. The predicted molar refractivity (Wildman–Crippen MR) is 196 cm³/mol. The standard InChI is InChI=1S/C38H47ClN2O11S/c1-23(2)30(38(47)40-29(20-34(44)51-4)19-32(39)53(5,48)49)21-31(42)36(27-15-25-13-9-10-14-26(25)16-27)41-37(46)28(17-33(43)50-3)18-35(45)52-22-24-11-7-6-8-12-24/h6-14,19,23,27-30,36H,15-18,20-22H2,1-5H3,(H,40,47)(H,41,46)/b32-19+/t28-,29-,30+,36+/m1/s1. The van der Waals surface area contributed by atoms with Crippen LogP contribution in [0, 0.1) is 23.7 Å². The molecule has 2 aromatic carbocycles. The molecule has 0 aliphatic heterocycles. The highest BCUT2D eigenvalue weighted by Crippen LogP contribution is 2.31. The fourth-order valence-corrected chi connectivity index (χ4v) is 6.63. The van der Waals surface area contributed by atoms with Gasteiger partial charge in [0.05, 0.1) is 51.5 Å². The lowest BCUT2D eigenvalue weighted by Gasteiger charge is -2.29. The number of ketones is 1. The topological polar surface area (TPSA) is 188 Å². The molecule has 2 N–H and O–H groups in total. The SMILES string of the molecule is COC(=O)C[C@H](CC(=O)OCc1ccccc1)C(=O)N[C@H](C(=O)C[C@H](C(=O)N[C@H](/C=C(\Cl)S(C)(=O)=O)CC(=O)OC)C(C)C)C1Cc2ccccc2C1. The second-order valence-corrected chi connectivity index (χ2v) is 16.0. The third-order valence-electron chi connectivity index (χ3n) is 9.06. The molecule has 0 fully saturated rings. The molecule has 2 aromatic rings. The molecule has 4 atom stereocenters. The Balaban J connectivity index is 1.87. The molecule has 0 saturated heterocycles. The summed E-state index contributed by atoms with van der Waals surface area (Å²) in [6.07, 6.45) is 1.12. The van der Waals surface area contributed by atoms with Crippen molar-refractivity contribution < 1.29 is 51.4 Å². The summed E-state index contributed by atoms with van der Waals surface area (Å²) in [5.74, 6) is -7.08. The summed E-state index contributed by atoms with van der Waals surface area (Å²) in [5, 5.41) is 5.43. The Morgan fingerprint density at radius 3 is 1.89 bits per heavy atom. The molecule has 0 bridgehead atoms. The van der Waals surface area contributed by atoms with Gasteiger partial charge in [0.15, 0.2) is 15.6 Å². The molecule has 1 aliphatic carbocycles. The number of hydrogen-bond donors (Lipinski definition) is 2. The van der Waals surface area contributed by atoms with Crippen molar-refractivity contribution in [3.63, 3.8) is 0 Å². The maximum atomic E-state index is 14.3. The number of halogens is 1. The minimum absolute atomic E-state index is 0.0386. The third kappa shape index (κ3) is 13.4. The fraction of sp³-hybridized carbons (Fsp3) is 0.474. The lowest BCUT2D eigenvalue weighted by atomic mass is 9.83. The zero-order valence-electron chi connectivity index (χ0n) is 30.5. The van der Waals surface area contributed by atoms with E-state index >= 15 is 0 Å². The number of carbonyl (C=O) groups excluding carboxylic acids is 6. The molecule has 53 heavy (non-hydrogen) atoms. The van der Waals surface area contributed by atoms with Crippen molar-refractivity contribution in [1.82, 2.24) is 10.6 Å². The molecule has 0 aromatic heterocycles. The molecular weight excluding hydrogens is 728 g/mol. The third-order valence-corrected chi connectivity index (χ3v) is 10.9. The van der Waals surface area contributed by atoms with Crippen molar-refractivity contribution in [3.8, 4) is 0 Å². The van der Waals surface area contributed by atoms with Gasteiger partial charge in [-0.15, -0.1) is 0 Å². The average molecular weight is 775 g/mol. The molecule has 1 aliphatic rings. The zero-order chi connectivity index (χ0) is 39.3. The van der Waals surface area contributed by atoms with Crippen molar-refractivity contribution in [1.29, 1.82) is 0 Å². The first kappa shape index (κ1) is 42.8. The maximum absolute atomic E-state index is 14.3. The highest BCUT2D eigenvalue weighted by molar-refractivity contribution is 7.96. The van der Waals surface area contributed by atoms with Crippen LogP contribution in [-0.4, -0.2) is 76.5 Å². The van der Waals surface area contributed by atoms with E-state index in [0.717, 1.165) is 43.2 Å². The molecule has 0 saturated carbocycles. The Morgan fingerprint density at radius 2 is 1.34 bits per heavy atom. The van der Waals surface area contributed by atoms with Crippen LogP contribution in [-0.2, 0) is 72.3 Å². The molecule has 2 amide bonds. The number of methoxy groups -OCH3 is 2. The molecule has 288 valence electrons. The van der Waals surface area contributed by atoms with Crippen molar-refractivity contribution >= 4 is 56.9 Å². The van der Waals surface area contributed by atoms with Crippen molar-refractivity contribution in [2.45, 2.75) is 71.1 Å². The fourth-order valence-electron chi connectivity index (χ4n) is 6.06. The first-order chi connectivity index (χ1) is 25.0. The number of Topliss-reactive ketones (excluding diaryl/α,β-unsaturated/α-hetero) is 1. The highest BCUT2D eigenvalue weighted by Gasteiger charge is 2.39. The minimum atomic E-state index is -3.86. The number of esters is 3. The summed E-state index contributed by atoms with van der Waals surface area (Å²) >= 11 is 5.95. The number of rotatable bonds is 19. The summed E-state index contributed by atoms with van der Waals surface area (Å²) < 4.78 is 38.2. The highest BCUT2D eigenvalue weighted by atomic mass is 35.5. The second-order valence-electron chi connectivity index (χ2n) is 13.4. The summed E-state index contributed by atoms with van der Waals surface area (Å²) in [7, 11) is -1.56. The van der Waals surface area contributed by atoms with Gasteiger partial charge in [-0.05, 0) is 47.4 Å². The maximum Gasteiger partial charge on any atom is 0.307 e. The molecule has 0 unspecified atom stereocenters. The Bertz CT molecular complexity index is 1750. The van der Waals surface area contributed by atoms with Crippen LogP contribution in [0.5, 0.6) is 0 Å². The van der Waals surface area contributed by atoms with Crippen molar-refractivity contribution in [3.05, 3.63) is 81.7 Å². The number of ether oxygens (including phenoxy) is 3. The van der Waals surface area contributed by atoms with E-state index in [9.17, 15) is 37.2 Å². The van der Waals surface area contributed by atoms with Gasteiger partial charge in [0, 0.05) is 18.6 Å². The Hall–Kier alpha value is -4.56. The van der Waals surface area contributed by atoms with Crippen LogP contribution in [0.2, 0.25) is 0 Å². The van der Waals surface area contributed by atoms with Crippen LogP contribution >= 0.6 is 11.6 Å². The second kappa shape index (κ2) is 20.0.